The fraction of sp³-hybridized carbons (Fsp3) is 0.435. The molecular weight excluding hydrogens is 433 g/mol. The quantitative estimate of drug-likeness (QED) is 0.679. The van der Waals surface area contributed by atoms with Crippen molar-refractivity contribution in [2.45, 2.75) is 37.1 Å². The van der Waals surface area contributed by atoms with Crippen molar-refractivity contribution in [2.75, 3.05) is 39.2 Å². The Kier molecular flexibility index (Phi) is 7.40. The van der Waals surface area contributed by atoms with E-state index in [2.05, 4.69) is 10.2 Å². The lowest BCUT2D eigenvalue weighted by Gasteiger charge is -2.31. The number of rotatable bonds is 7. The number of benzene rings is 2. The van der Waals surface area contributed by atoms with Crippen molar-refractivity contribution in [3.05, 3.63) is 53.3 Å². The number of methoxy groups -OCH3 is 1. The highest BCUT2D eigenvalue weighted by molar-refractivity contribution is 7.89. The number of ether oxygens (including phenoxy) is 1. The highest BCUT2D eigenvalue weighted by Gasteiger charge is 2.25. The fourth-order valence-corrected chi connectivity index (χ4v) is 4.72. The molecule has 1 amide bonds. The van der Waals surface area contributed by atoms with Crippen LogP contribution >= 0.6 is 0 Å². The van der Waals surface area contributed by atoms with Crippen LogP contribution in [0.25, 0.3) is 0 Å². The smallest absolute Gasteiger partial charge is 0.253 e. The van der Waals surface area contributed by atoms with Gasteiger partial charge < -0.3 is 15.0 Å². The standard InChI is InChI=1S/C23H30FN3O4S/c1-16(17-8-11-22(31-4)20(24)14-17)25-23(28)19-15-18(32(29,30)26(2)3)9-10-21(19)27-12-6-5-7-13-27/h8-11,14-16H,5-7,12-13H2,1-4H3,(H,25,28). The van der Waals surface area contributed by atoms with Gasteiger partial charge in [0.2, 0.25) is 10.0 Å². The van der Waals surface area contributed by atoms with Crippen molar-refractivity contribution in [2.24, 2.45) is 0 Å². The van der Waals surface area contributed by atoms with Crippen molar-refractivity contribution in [3.63, 3.8) is 0 Å². The van der Waals surface area contributed by atoms with E-state index in [1.54, 1.807) is 25.1 Å². The number of piperidine rings is 1. The van der Waals surface area contributed by atoms with Crippen LogP contribution in [0, 0.1) is 5.82 Å². The van der Waals surface area contributed by atoms with Gasteiger partial charge in [-0.1, -0.05) is 6.07 Å². The zero-order chi connectivity index (χ0) is 23.5. The molecule has 3 rings (SSSR count). The second kappa shape index (κ2) is 9.87. The Morgan fingerprint density at radius 2 is 1.81 bits per heavy atom. The summed E-state index contributed by atoms with van der Waals surface area (Å²) in [5, 5.41) is 2.88. The van der Waals surface area contributed by atoms with E-state index >= 15 is 0 Å². The minimum absolute atomic E-state index is 0.0524. The third kappa shape index (κ3) is 5.05. The van der Waals surface area contributed by atoms with E-state index in [1.165, 1.54) is 39.4 Å². The Hall–Kier alpha value is -2.65. The van der Waals surface area contributed by atoms with Crippen molar-refractivity contribution in [1.29, 1.82) is 0 Å². The fourth-order valence-electron chi connectivity index (χ4n) is 3.79. The molecule has 0 aromatic heterocycles. The van der Waals surface area contributed by atoms with Crippen LogP contribution in [0.3, 0.4) is 0 Å². The maximum absolute atomic E-state index is 14.1. The summed E-state index contributed by atoms with van der Waals surface area (Å²) in [6, 6.07) is 8.69. The number of nitrogens with one attached hydrogen (secondary N) is 1. The van der Waals surface area contributed by atoms with Gasteiger partial charge in [-0.05, 0) is 62.1 Å². The van der Waals surface area contributed by atoms with Gasteiger partial charge in [0.1, 0.15) is 0 Å². The van der Waals surface area contributed by atoms with Gasteiger partial charge in [0, 0.05) is 32.9 Å². The molecule has 0 saturated carbocycles. The number of amides is 1. The number of halogens is 1. The van der Waals surface area contributed by atoms with Gasteiger partial charge in [-0.15, -0.1) is 0 Å². The Labute approximate surface area is 189 Å². The molecule has 0 spiro atoms. The molecule has 1 aliphatic rings. The molecule has 174 valence electrons. The second-order valence-electron chi connectivity index (χ2n) is 8.10. The minimum atomic E-state index is -3.70. The number of carbonyl (C=O) groups is 1. The van der Waals surface area contributed by atoms with Gasteiger partial charge in [-0.2, -0.15) is 0 Å². The van der Waals surface area contributed by atoms with Gasteiger partial charge in [-0.3, -0.25) is 4.79 Å². The maximum atomic E-state index is 14.1. The molecule has 32 heavy (non-hydrogen) atoms. The molecule has 9 heteroatoms. The first-order chi connectivity index (χ1) is 15.1. The van der Waals surface area contributed by atoms with Gasteiger partial charge in [-0.25, -0.2) is 17.1 Å². The van der Waals surface area contributed by atoms with Crippen LogP contribution < -0.4 is 15.0 Å². The average molecular weight is 464 g/mol. The maximum Gasteiger partial charge on any atom is 0.253 e. The van der Waals surface area contributed by atoms with E-state index in [0.29, 0.717) is 11.3 Å². The van der Waals surface area contributed by atoms with Crippen LogP contribution in [-0.4, -0.2) is 52.9 Å². The summed E-state index contributed by atoms with van der Waals surface area (Å²) in [6.07, 6.45) is 3.16. The summed E-state index contributed by atoms with van der Waals surface area (Å²) in [6.45, 7) is 3.36. The van der Waals surface area contributed by atoms with Crippen molar-refractivity contribution >= 4 is 21.6 Å². The first kappa shape index (κ1) is 24.0. The van der Waals surface area contributed by atoms with Crippen LogP contribution in [0.4, 0.5) is 10.1 Å². The summed E-state index contributed by atoms with van der Waals surface area (Å²) in [7, 11) is 0.591. The number of hydrogen-bond donors (Lipinski definition) is 1. The van der Waals surface area contributed by atoms with Crippen molar-refractivity contribution < 1.29 is 22.3 Å². The zero-order valence-electron chi connectivity index (χ0n) is 18.9. The average Bonchev–Trinajstić information content (AvgIpc) is 2.78. The van der Waals surface area contributed by atoms with E-state index in [0.717, 1.165) is 36.7 Å². The Balaban J connectivity index is 1.95. The van der Waals surface area contributed by atoms with Crippen LogP contribution in [0.5, 0.6) is 5.75 Å². The normalized spacial score (nSPS) is 15.5. The third-order valence-corrected chi connectivity index (χ3v) is 7.52. The lowest BCUT2D eigenvalue weighted by molar-refractivity contribution is 0.0940. The number of hydrogen-bond acceptors (Lipinski definition) is 5. The van der Waals surface area contributed by atoms with E-state index in [-0.39, 0.29) is 16.2 Å². The Bertz CT molecular complexity index is 1080. The number of sulfonamides is 1. The molecule has 1 atom stereocenters. The Morgan fingerprint density at radius 3 is 2.41 bits per heavy atom. The monoisotopic (exact) mass is 463 g/mol. The summed E-state index contributed by atoms with van der Waals surface area (Å²) >= 11 is 0. The summed E-state index contributed by atoms with van der Waals surface area (Å²) < 4.78 is 45.5. The molecule has 1 heterocycles. The molecule has 1 saturated heterocycles. The summed E-state index contributed by atoms with van der Waals surface area (Å²) in [4.78, 5) is 15.4. The minimum Gasteiger partial charge on any atom is -0.494 e. The van der Waals surface area contributed by atoms with E-state index in [1.807, 2.05) is 0 Å². The van der Waals surface area contributed by atoms with Gasteiger partial charge >= 0.3 is 0 Å². The van der Waals surface area contributed by atoms with Gasteiger partial charge in [0.15, 0.2) is 11.6 Å². The largest absolute Gasteiger partial charge is 0.494 e. The third-order valence-electron chi connectivity index (χ3n) is 5.71. The molecule has 0 radical (unpaired) electrons. The molecule has 1 aliphatic heterocycles. The highest BCUT2D eigenvalue weighted by atomic mass is 32.2. The summed E-state index contributed by atoms with van der Waals surface area (Å²) in [5.41, 5.74) is 1.57. The van der Waals surface area contributed by atoms with Crippen LogP contribution in [0.15, 0.2) is 41.3 Å². The number of carbonyl (C=O) groups excluding carboxylic acids is 1. The highest BCUT2D eigenvalue weighted by Crippen LogP contribution is 2.29. The van der Waals surface area contributed by atoms with Crippen molar-refractivity contribution in [1.82, 2.24) is 9.62 Å². The second-order valence-corrected chi connectivity index (χ2v) is 10.3. The van der Waals surface area contributed by atoms with Crippen molar-refractivity contribution in [3.8, 4) is 5.75 Å². The number of anilines is 1. The molecule has 2 aromatic carbocycles. The lowest BCUT2D eigenvalue weighted by Crippen LogP contribution is -2.34. The molecule has 0 aliphatic carbocycles. The molecular formula is C23H30FN3O4S. The SMILES string of the molecule is COc1ccc(C(C)NC(=O)c2cc(S(=O)(=O)N(C)C)ccc2N2CCCCC2)cc1F. The van der Waals surface area contributed by atoms with E-state index in [9.17, 15) is 17.6 Å². The predicted molar refractivity (Wildman–Crippen MR) is 122 cm³/mol. The first-order valence-electron chi connectivity index (χ1n) is 10.6. The van der Waals surface area contributed by atoms with E-state index in [4.69, 9.17) is 4.74 Å². The zero-order valence-corrected chi connectivity index (χ0v) is 19.7. The molecule has 1 N–H and O–H groups in total. The number of nitrogens with zero attached hydrogens (tertiary/aromatic N) is 2. The Morgan fingerprint density at radius 1 is 1.12 bits per heavy atom. The summed E-state index contributed by atoms with van der Waals surface area (Å²) in [5.74, 6) is -0.800. The first-order valence-corrected chi connectivity index (χ1v) is 12.0. The molecule has 1 unspecified atom stereocenters. The van der Waals surface area contributed by atoms with Crippen LogP contribution in [-0.2, 0) is 10.0 Å². The molecule has 1 fully saturated rings. The van der Waals surface area contributed by atoms with Crippen LogP contribution in [0.1, 0.15) is 48.1 Å². The van der Waals surface area contributed by atoms with Crippen LogP contribution in [0.2, 0.25) is 0 Å². The van der Waals surface area contributed by atoms with E-state index < -0.39 is 27.8 Å². The molecule has 7 nitrogen and oxygen atoms in total. The topological polar surface area (TPSA) is 78.9 Å². The van der Waals surface area contributed by atoms with Gasteiger partial charge in [0.25, 0.3) is 5.91 Å². The lowest BCUT2D eigenvalue weighted by atomic mass is 10.0. The van der Waals surface area contributed by atoms with Gasteiger partial charge in [0.05, 0.1) is 23.6 Å². The molecule has 2 aromatic rings. The predicted octanol–water partition coefficient (Wildman–Crippen LogP) is 3.57. The molecule has 0 bridgehead atoms.